The van der Waals surface area contributed by atoms with Crippen molar-refractivity contribution in [3.05, 3.63) is 54.1 Å². The molecular weight excluding hydrogens is 417 g/mol. The van der Waals surface area contributed by atoms with E-state index in [1.165, 1.54) is 0 Å². The van der Waals surface area contributed by atoms with Gasteiger partial charge in [-0.1, -0.05) is 18.2 Å². The number of nitrogens with two attached hydrogens (primary N) is 1. The highest BCUT2D eigenvalue weighted by Crippen LogP contribution is 2.25. The fourth-order valence-corrected chi connectivity index (χ4v) is 2.26. The summed E-state index contributed by atoms with van der Waals surface area (Å²) in [5.74, 6) is 2.12. The standard InChI is InChI=1S/C18H23N3O2.HI/c1-22-16-10-11-17(23-2)14(13-16)7-6-12-20-18(19)21-15-8-4-3-5-9-15;/h3-5,8-11,13H,6-7,12H2,1-2H3,(H3,19,20,21);1H. The number of guanidine groups is 1. The summed E-state index contributed by atoms with van der Waals surface area (Å²) in [5, 5.41) is 3.06. The van der Waals surface area contributed by atoms with Crippen LogP contribution in [0.3, 0.4) is 0 Å². The van der Waals surface area contributed by atoms with Crippen molar-refractivity contribution in [2.45, 2.75) is 12.8 Å². The number of nitrogens with zero attached hydrogens (tertiary/aromatic N) is 1. The van der Waals surface area contributed by atoms with Gasteiger partial charge in [-0.15, -0.1) is 24.0 Å². The van der Waals surface area contributed by atoms with Crippen LogP contribution in [-0.4, -0.2) is 26.7 Å². The third kappa shape index (κ3) is 6.27. The quantitative estimate of drug-likeness (QED) is 0.298. The van der Waals surface area contributed by atoms with Gasteiger partial charge in [0.05, 0.1) is 14.2 Å². The zero-order valence-electron chi connectivity index (χ0n) is 14.0. The Balaban J connectivity index is 0.00000288. The van der Waals surface area contributed by atoms with Gasteiger partial charge in [0.1, 0.15) is 11.5 Å². The molecule has 2 aromatic carbocycles. The minimum Gasteiger partial charge on any atom is -0.497 e. The molecule has 3 N–H and O–H groups in total. The van der Waals surface area contributed by atoms with Gasteiger partial charge >= 0.3 is 0 Å². The summed E-state index contributed by atoms with van der Waals surface area (Å²) in [6, 6.07) is 15.6. The minimum absolute atomic E-state index is 0. The monoisotopic (exact) mass is 441 g/mol. The summed E-state index contributed by atoms with van der Waals surface area (Å²) in [4.78, 5) is 4.34. The fraction of sp³-hybridized carbons (Fsp3) is 0.278. The zero-order chi connectivity index (χ0) is 16.5. The fourth-order valence-electron chi connectivity index (χ4n) is 2.26. The van der Waals surface area contributed by atoms with Crippen molar-refractivity contribution >= 4 is 35.6 Å². The largest absolute Gasteiger partial charge is 0.497 e. The highest BCUT2D eigenvalue weighted by molar-refractivity contribution is 14.0. The Morgan fingerprint density at radius 1 is 1.08 bits per heavy atom. The topological polar surface area (TPSA) is 68.9 Å². The molecule has 0 aliphatic carbocycles. The maximum absolute atomic E-state index is 5.88. The lowest BCUT2D eigenvalue weighted by Gasteiger charge is -2.10. The Kier molecular flexibility index (Phi) is 8.99. The van der Waals surface area contributed by atoms with Crippen molar-refractivity contribution in [2.24, 2.45) is 10.7 Å². The van der Waals surface area contributed by atoms with Gasteiger partial charge in [0.15, 0.2) is 5.96 Å². The molecule has 0 radical (unpaired) electrons. The van der Waals surface area contributed by atoms with Crippen LogP contribution in [0.5, 0.6) is 11.5 Å². The predicted molar refractivity (Wildman–Crippen MR) is 110 cm³/mol. The first kappa shape index (κ1) is 20.1. The van der Waals surface area contributed by atoms with Crippen LogP contribution in [0.2, 0.25) is 0 Å². The second-order valence-corrected chi connectivity index (χ2v) is 5.04. The van der Waals surface area contributed by atoms with E-state index in [0.29, 0.717) is 12.5 Å². The second-order valence-electron chi connectivity index (χ2n) is 5.04. The molecule has 0 bridgehead atoms. The second kappa shape index (κ2) is 10.7. The van der Waals surface area contributed by atoms with Crippen LogP contribution in [0, 0.1) is 0 Å². The summed E-state index contributed by atoms with van der Waals surface area (Å²) in [6.45, 7) is 0.645. The first-order valence-electron chi connectivity index (χ1n) is 7.56. The molecule has 0 saturated heterocycles. The first-order chi connectivity index (χ1) is 11.2. The highest BCUT2D eigenvalue weighted by Gasteiger charge is 2.04. The van der Waals surface area contributed by atoms with Gasteiger partial charge in [0, 0.05) is 12.2 Å². The van der Waals surface area contributed by atoms with Crippen LogP contribution in [0.25, 0.3) is 0 Å². The maximum atomic E-state index is 5.88. The lowest BCUT2D eigenvalue weighted by atomic mass is 10.1. The predicted octanol–water partition coefficient (Wildman–Crippen LogP) is 3.68. The number of halogens is 1. The molecule has 6 heteroatoms. The molecular formula is C18H24IN3O2. The van der Waals surface area contributed by atoms with Gasteiger partial charge in [-0.25, -0.2) is 0 Å². The minimum atomic E-state index is 0. The third-order valence-electron chi connectivity index (χ3n) is 3.42. The van der Waals surface area contributed by atoms with Crippen molar-refractivity contribution in [3.63, 3.8) is 0 Å². The number of rotatable bonds is 7. The molecule has 0 aromatic heterocycles. The Labute approximate surface area is 160 Å². The molecule has 0 aliphatic heterocycles. The summed E-state index contributed by atoms with van der Waals surface area (Å²) >= 11 is 0. The SMILES string of the molecule is COc1ccc(OC)c(CCCN=C(N)Nc2ccccc2)c1.I. The van der Waals surface area contributed by atoms with Gasteiger partial charge in [-0.3, -0.25) is 4.99 Å². The van der Waals surface area contributed by atoms with E-state index < -0.39 is 0 Å². The number of nitrogens with one attached hydrogen (secondary N) is 1. The molecule has 0 unspecified atom stereocenters. The van der Waals surface area contributed by atoms with Gasteiger partial charge in [-0.2, -0.15) is 0 Å². The molecule has 0 heterocycles. The van der Waals surface area contributed by atoms with E-state index >= 15 is 0 Å². The van der Waals surface area contributed by atoms with Crippen LogP contribution in [0.15, 0.2) is 53.5 Å². The Morgan fingerprint density at radius 3 is 2.50 bits per heavy atom. The smallest absolute Gasteiger partial charge is 0.193 e. The number of anilines is 1. The summed E-state index contributed by atoms with van der Waals surface area (Å²) in [5.41, 5.74) is 7.92. The lowest BCUT2D eigenvalue weighted by Crippen LogP contribution is -2.22. The summed E-state index contributed by atoms with van der Waals surface area (Å²) < 4.78 is 10.6. The average Bonchev–Trinajstić information content (AvgIpc) is 2.59. The average molecular weight is 441 g/mol. The van der Waals surface area contributed by atoms with Crippen LogP contribution in [0.4, 0.5) is 5.69 Å². The molecule has 5 nitrogen and oxygen atoms in total. The third-order valence-corrected chi connectivity index (χ3v) is 3.42. The lowest BCUT2D eigenvalue weighted by molar-refractivity contribution is 0.398. The van der Waals surface area contributed by atoms with Crippen LogP contribution in [0.1, 0.15) is 12.0 Å². The number of para-hydroxylation sites is 1. The molecule has 0 amide bonds. The van der Waals surface area contributed by atoms with E-state index in [4.69, 9.17) is 15.2 Å². The maximum Gasteiger partial charge on any atom is 0.193 e. The summed E-state index contributed by atoms with van der Waals surface area (Å²) in [7, 11) is 3.33. The van der Waals surface area contributed by atoms with Gasteiger partial charge in [0.2, 0.25) is 0 Å². The molecule has 0 saturated carbocycles. The Morgan fingerprint density at radius 2 is 1.83 bits per heavy atom. The number of hydrogen-bond donors (Lipinski definition) is 2. The number of methoxy groups -OCH3 is 2. The van der Waals surface area contributed by atoms with Gasteiger partial charge < -0.3 is 20.5 Å². The molecule has 2 rings (SSSR count). The van der Waals surface area contributed by atoms with E-state index in [1.54, 1.807) is 14.2 Å². The van der Waals surface area contributed by atoms with Gasteiger partial charge in [-0.05, 0) is 48.7 Å². The van der Waals surface area contributed by atoms with E-state index in [2.05, 4.69) is 10.3 Å². The van der Waals surface area contributed by atoms with Crippen molar-refractivity contribution in [3.8, 4) is 11.5 Å². The molecule has 0 aliphatic rings. The van der Waals surface area contributed by atoms with E-state index in [-0.39, 0.29) is 24.0 Å². The van der Waals surface area contributed by atoms with E-state index in [0.717, 1.165) is 35.6 Å². The number of ether oxygens (including phenoxy) is 2. The number of benzene rings is 2. The zero-order valence-corrected chi connectivity index (χ0v) is 16.3. The summed E-state index contributed by atoms with van der Waals surface area (Å²) in [6.07, 6.45) is 1.73. The Hall–Kier alpha value is -1.96. The van der Waals surface area contributed by atoms with Crippen LogP contribution < -0.4 is 20.5 Å². The van der Waals surface area contributed by atoms with Crippen molar-refractivity contribution < 1.29 is 9.47 Å². The molecule has 0 spiro atoms. The number of hydrogen-bond acceptors (Lipinski definition) is 3. The van der Waals surface area contributed by atoms with E-state index in [9.17, 15) is 0 Å². The highest BCUT2D eigenvalue weighted by atomic mass is 127. The van der Waals surface area contributed by atoms with Crippen molar-refractivity contribution in [2.75, 3.05) is 26.1 Å². The van der Waals surface area contributed by atoms with E-state index in [1.807, 2.05) is 48.5 Å². The first-order valence-corrected chi connectivity index (χ1v) is 7.56. The Bertz CT molecular complexity index is 648. The number of aliphatic imine (C=N–C) groups is 1. The number of aryl methyl sites for hydroxylation is 1. The van der Waals surface area contributed by atoms with Crippen molar-refractivity contribution in [1.29, 1.82) is 0 Å². The van der Waals surface area contributed by atoms with Gasteiger partial charge in [0.25, 0.3) is 0 Å². The molecule has 0 fully saturated rings. The molecule has 2 aromatic rings. The van der Waals surface area contributed by atoms with Crippen LogP contribution in [-0.2, 0) is 6.42 Å². The normalized spacial score (nSPS) is 10.7. The molecule has 24 heavy (non-hydrogen) atoms. The molecule has 0 atom stereocenters. The van der Waals surface area contributed by atoms with Crippen LogP contribution >= 0.6 is 24.0 Å². The molecule has 130 valence electrons. The van der Waals surface area contributed by atoms with Crippen molar-refractivity contribution in [1.82, 2.24) is 0 Å².